The molecule has 0 fully saturated rings. The van der Waals surface area contributed by atoms with Gasteiger partial charge < -0.3 is 0 Å². The molecule has 1 aliphatic carbocycles. The molecule has 0 atom stereocenters. The van der Waals surface area contributed by atoms with Gasteiger partial charge in [-0.05, 0) is 163 Å². The van der Waals surface area contributed by atoms with Crippen LogP contribution >= 0.6 is 11.3 Å². The Balaban J connectivity index is 1.06. The summed E-state index contributed by atoms with van der Waals surface area (Å²) in [5, 5.41) is 15.2. The molecule has 0 spiro atoms. The first-order valence-corrected chi connectivity index (χ1v) is 23.5. The molecule has 65 heavy (non-hydrogen) atoms. The smallest absolute Gasteiger partial charge is 0.0349 e. The highest BCUT2D eigenvalue weighted by molar-refractivity contribution is 7.16. The number of fused-ring (bicyclic) bond motifs is 6. The molecule has 0 N–H and O–H groups in total. The summed E-state index contributed by atoms with van der Waals surface area (Å²) in [6, 6.07) is 81.3. The predicted molar refractivity (Wildman–Crippen MR) is 283 cm³/mol. The standard InChI is InChI=1S/C64H42S/c1-2-17-43(18-3-1)59-35-36-60(65-59)46-21-14-22-47(39-46)61-51-23-8-10-25-53(51)63(54-26-11-9-24-52(54)61)50-33-34-57-58(40-50)64(49-32-30-42-16-5-7-20-45(42)38-49)56-28-13-12-27-55(56)62(57)48-31-29-41-15-4-6-19-44(41)37-48/h1-13,15-21,23-40H,14,22H2. The fourth-order valence-electron chi connectivity index (χ4n) is 10.8. The topological polar surface area (TPSA) is 0 Å². The number of benzene rings is 11. The van der Waals surface area contributed by atoms with Gasteiger partial charge in [0.15, 0.2) is 0 Å². The lowest BCUT2D eigenvalue weighted by molar-refractivity contribution is 1.06. The summed E-state index contributed by atoms with van der Waals surface area (Å²) >= 11 is 1.88. The van der Waals surface area contributed by atoms with Gasteiger partial charge in [-0.25, -0.2) is 0 Å². The molecular formula is C64H42S. The minimum absolute atomic E-state index is 1.00. The maximum absolute atomic E-state index is 2.51. The zero-order valence-corrected chi connectivity index (χ0v) is 36.6. The quantitative estimate of drug-likeness (QED) is 0.146. The van der Waals surface area contributed by atoms with E-state index in [1.54, 1.807) is 0 Å². The molecular weight excluding hydrogens is 801 g/mol. The van der Waals surface area contributed by atoms with Crippen molar-refractivity contribution in [2.75, 3.05) is 0 Å². The molecule has 1 heterocycles. The van der Waals surface area contributed by atoms with E-state index in [9.17, 15) is 0 Å². The Hall–Kier alpha value is -7.84. The van der Waals surface area contributed by atoms with Gasteiger partial charge in [-0.15, -0.1) is 11.3 Å². The van der Waals surface area contributed by atoms with Gasteiger partial charge in [-0.1, -0.05) is 200 Å². The summed E-state index contributed by atoms with van der Waals surface area (Å²) in [6.45, 7) is 0. The molecule has 12 aromatic rings. The Bertz CT molecular complexity index is 3880. The lowest BCUT2D eigenvalue weighted by atomic mass is 9.81. The molecule has 0 aliphatic heterocycles. The van der Waals surface area contributed by atoms with Gasteiger partial charge in [0.05, 0.1) is 0 Å². The van der Waals surface area contributed by atoms with Crippen molar-refractivity contribution in [1.82, 2.24) is 0 Å². The van der Waals surface area contributed by atoms with Crippen LogP contribution in [0.5, 0.6) is 0 Å². The van der Waals surface area contributed by atoms with Crippen LogP contribution in [0.25, 0.3) is 120 Å². The average molecular weight is 843 g/mol. The summed E-state index contributed by atoms with van der Waals surface area (Å²) in [7, 11) is 0. The van der Waals surface area contributed by atoms with Crippen LogP contribution in [0.1, 0.15) is 23.3 Å². The molecule has 304 valence electrons. The van der Waals surface area contributed by atoms with Crippen molar-refractivity contribution in [3.8, 4) is 43.8 Å². The zero-order valence-electron chi connectivity index (χ0n) is 35.8. The number of hydrogen-bond acceptors (Lipinski definition) is 1. The minimum Gasteiger partial charge on any atom is -0.135 e. The van der Waals surface area contributed by atoms with Crippen molar-refractivity contribution in [3.63, 3.8) is 0 Å². The van der Waals surface area contributed by atoms with Crippen molar-refractivity contribution in [1.29, 1.82) is 0 Å². The van der Waals surface area contributed by atoms with Crippen LogP contribution in [-0.4, -0.2) is 0 Å². The third-order valence-electron chi connectivity index (χ3n) is 13.7. The fraction of sp³-hybridized carbons (Fsp3) is 0.0312. The maximum atomic E-state index is 2.51. The van der Waals surface area contributed by atoms with Crippen LogP contribution in [0.3, 0.4) is 0 Å². The van der Waals surface area contributed by atoms with Gasteiger partial charge in [0.2, 0.25) is 0 Å². The van der Waals surface area contributed by atoms with Gasteiger partial charge in [-0.2, -0.15) is 0 Å². The van der Waals surface area contributed by atoms with Crippen molar-refractivity contribution < 1.29 is 0 Å². The molecule has 11 aromatic carbocycles. The van der Waals surface area contributed by atoms with E-state index in [1.807, 2.05) is 11.3 Å². The summed E-state index contributed by atoms with van der Waals surface area (Å²) in [6.07, 6.45) is 6.92. The van der Waals surface area contributed by atoms with E-state index in [-0.39, 0.29) is 0 Å². The number of hydrogen-bond donors (Lipinski definition) is 0. The second kappa shape index (κ2) is 15.5. The van der Waals surface area contributed by atoms with Crippen LogP contribution in [0.15, 0.2) is 231 Å². The highest BCUT2D eigenvalue weighted by Crippen LogP contribution is 2.49. The second-order valence-electron chi connectivity index (χ2n) is 17.4. The normalized spacial score (nSPS) is 13.0. The van der Waals surface area contributed by atoms with E-state index < -0.39 is 0 Å². The Morgan fingerprint density at radius 3 is 1.29 bits per heavy atom. The Morgan fingerprint density at radius 2 is 0.723 bits per heavy atom. The largest absolute Gasteiger partial charge is 0.135 e. The Morgan fingerprint density at radius 1 is 0.292 bits per heavy atom. The monoisotopic (exact) mass is 842 g/mol. The fourth-order valence-corrected chi connectivity index (χ4v) is 11.8. The highest BCUT2D eigenvalue weighted by Gasteiger charge is 2.23. The Kier molecular flexibility index (Phi) is 8.96. The van der Waals surface area contributed by atoms with Crippen LogP contribution in [0, 0.1) is 0 Å². The van der Waals surface area contributed by atoms with Crippen molar-refractivity contribution in [2.45, 2.75) is 12.8 Å². The molecule has 0 saturated heterocycles. The van der Waals surface area contributed by atoms with Crippen molar-refractivity contribution in [2.24, 2.45) is 0 Å². The third-order valence-corrected chi connectivity index (χ3v) is 14.9. The van der Waals surface area contributed by atoms with Gasteiger partial charge in [0.1, 0.15) is 0 Å². The molecule has 0 saturated carbocycles. The molecule has 0 unspecified atom stereocenters. The van der Waals surface area contributed by atoms with Crippen LogP contribution in [-0.2, 0) is 0 Å². The molecule has 1 aromatic heterocycles. The van der Waals surface area contributed by atoms with Gasteiger partial charge in [0.25, 0.3) is 0 Å². The number of rotatable bonds is 6. The number of allylic oxidation sites excluding steroid dienone is 4. The number of thiophene rings is 1. The first-order valence-electron chi connectivity index (χ1n) is 22.7. The molecule has 0 nitrogen and oxygen atoms in total. The van der Waals surface area contributed by atoms with Crippen molar-refractivity contribution >= 4 is 87.1 Å². The van der Waals surface area contributed by atoms with Crippen molar-refractivity contribution in [3.05, 3.63) is 241 Å². The second-order valence-corrected chi connectivity index (χ2v) is 18.5. The van der Waals surface area contributed by atoms with Crippen LogP contribution in [0.2, 0.25) is 0 Å². The van der Waals surface area contributed by atoms with Gasteiger partial charge in [0, 0.05) is 9.75 Å². The highest BCUT2D eigenvalue weighted by atomic mass is 32.1. The summed E-state index contributed by atoms with van der Waals surface area (Å²) in [4.78, 5) is 2.62. The first-order chi connectivity index (χ1) is 32.2. The molecule has 13 rings (SSSR count). The van der Waals surface area contributed by atoms with Crippen LogP contribution < -0.4 is 0 Å². The predicted octanol–water partition coefficient (Wildman–Crippen LogP) is 18.6. The lowest BCUT2D eigenvalue weighted by Crippen LogP contribution is -1.97. The maximum Gasteiger partial charge on any atom is 0.0349 e. The minimum atomic E-state index is 1.00. The average Bonchev–Trinajstić information content (AvgIpc) is 3.88. The summed E-state index contributed by atoms with van der Waals surface area (Å²) in [5.41, 5.74) is 12.9. The van der Waals surface area contributed by atoms with Crippen LogP contribution in [0.4, 0.5) is 0 Å². The van der Waals surface area contributed by atoms with E-state index in [0.717, 1.165) is 12.8 Å². The molecule has 0 radical (unpaired) electrons. The van der Waals surface area contributed by atoms with E-state index in [4.69, 9.17) is 0 Å². The lowest BCUT2D eigenvalue weighted by Gasteiger charge is -2.22. The van der Waals surface area contributed by atoms with E-state index in [0.29, 0.717) is 0 Å². The van der Waals surface area contributed by atoms with Gasteiger partial charge in [-0.3, -0.25) is 0 Å². The first kappa shape index (κ1) is 37.7. The zero-order chi connectivity index (χ0) is 42.8. The Labute approximate surface area is 382 Å². The SMILES string of the molecule is C1=C(c2ccc(-c3ccccc3)s2)C=C(c2c3ccccc3c(-c3ccc4c(-c5ccc6ccccc6c5)c5ccccc5c(-c5ccc6ccccc6c5)c4c3)c3ccccc23)CC1. The van der Waals surface area contributed by atoms with Gasteiger partial charge >= 0.3 is 0 Å². The van der Waals surface area contributed by atoms with E-state index in [1.165, 1.54) is 130 Å². The molecule has 0 amide bonds. The summed E-state index contributed by atoms with van der Waals surface area (Å²) < 4.78 is 0. The third kappa shape index (κ3) is 6.34. The van der Waals surface area contributed by atoms with E-state index in [2.05, 4.69) is 231 Å². The summed E-state index contributed by atoms with van der Waals surface area (Å²) in [5.74, 6) is 0. The van der Waals surface area contributed by atoms with E-state index >= 15 is 0 Å². The molecule has 1 heteroatoms. The molecule has 0 bridgehead atoms. The molecule has 1 aliphatic rings.